The van der Waals surface area contributed by atoms with E-state index in [0.29, 0.717) is 9.87 Å². The highest BCUT2D eigenvalue weighted by atomic mass is 32.2. The van der Waals surface area contributed by atoms with Gasteiger partial charge in [-0.2, -0.15) is 4.31 Å². The zero-order valence-electron chi connectivity index (χ0n) is 13.1. The summed E-state index contributed by atoms with van der Waals surface area (Å²) in [5.41, 5.74) is 0.518. The standard InChI is InChI=1S/C14H19NO7S/c1-4-22-14(18)11-5-10(9-21-3)6-12(7-11)23(19,20)15(2)8-13(16)17/h5-7H,4,8-9H2,1-3H3,(H,16,17). The van der Waals surface area contributed by atoms with Crippen molar-refractivity contribution < 1.29 is 32.6 Å². The van der Waals surface area contributed by atoms with Gasteiger partial charge in [0.2, 0.25) is 10.0 Å². The fourth-order valence-corrected chi connectivity index (χ4v) is 3.06. The zero-order valence-corrected chi connectivity index (χ0v) is 13.9. The Labute approximate surface area is 134 Å². The molecule has 0 aromatic heterocycles. The average molecular weight is 345 g/mol. The predicted molar refractivity (Wildman–Crippen MR) is 80.6 cm³/mol. The smallest absolute Gasteiger partial charge is 0.338 e. The Morgan fingerprint density at radius 2 is 1.91 bits per heavy atom. The van der Waals surface area contributed by atoms with Crippen molar-refractivity contribution in [3.05, 3.63) is 29.3 Å². The fraction of sp³-hybridized carbons (Fsp3) is 0.429. The highest BCUT2D eigenvalue weighted by molar-refractivity contribution is 7.89. The number of methoxy groups -OCH3 is 1. The lowest BCUT2D eigenvalue weighted by Crippen LogP contribution is -2.32. The number of carboxylic acid groups (broad SMARTS) is 1. The van der Waals surface area contributed by atoms with Gasteiger partial charge in [0.15, 0.2) is 0 Å². The summed E-state index contributed by atoms with van der Waals surface area (Å²) in [5, 5.41) is 8.75. The maximum absolute atomic E-state index is 12.4. The van der Waals surface area contributed by atoms with Gasteiger partial charge in [0.1, 0.15) is 6.54 Å². The maximum atomic E-state index is 12.4. The van der Waals surface area contributed by atoms with E-state index in [-0.39, 0.29) is 23.7 Å². The molecule has 0 atom stereocenters. The molecule has 1 aromatic rings. The van der Waals surface area contributed by atoms with E-state index in [9.17, 15) is 18.0 Å². The van der Waals surface area contributed by atoms with Crippen LogP contribution in [0.5, 0.6) is 0 Å². The highest BCUT2D eigenvalue weighted by Gasteiger charge is 2.25. The molecule has 0 aliphatic rings. The Hall–Kier alpha value is -1.97. The van der Waals surface area contributed by atoms with Gasteiger partial charge in [0, 0.05) is 14.2 Å². The first-order valence-electron chi connectivity index (χ1n) is 6.70. The minimum atomic E-state index is -4.06. The van der Waals surface area contributed by atoms with E-state index in [4.69, 9.17) is 14.6 Å². The molecule has 9 heteroatoms. The number of sulfonamides is 1. The van der Waals surface area contributed by atoms with Crippen LogP contribution in [0.3, 0.4) is 0 Å². The highest BCUT2D eigenvalue weighted by Crippen LogP contribution is 2.20. The Balaban J connectivity index is 3.33. The van der Waals surface area contributed by atoms with Crippen molar-refractivity contribution in [2.24, 2.45) is 0 Å². The van der Waals surface area contributed by atoms with Gasteiger partial charge in [-0.15, -0.1) is 0 Å². The monoisotopic (exact) mass is 345 g/mol. The number of benzene rings is 1. The molecule has 0 spiro atoms. The van der Waals surface area contributed by atoms with Crippen LogP contribution >= 0.6 is 0 Å². The van der Waals surface area contributed by atoms with E-state index in [2.05, 4.69) is 0 Å². The molecule has 0 aliphatic heterocycles. The second-order valence-corrected chi connectivity index (χ2v) is 6.72. The van der Waals surface area contributed by atoms with E-state index < -0.39 is 28.5 Å². The van der Waals surface area contributed by atoms with Crippen LogP contribution in [-0.2, 0) is 30.9 Å². The van der Waals surface area contributed by atoms with Crippen LogP contribution in [0.25, 0.3) is 0 Å². The lowest BCUT2D eigenvalue weighted by molar-refractivity contribution is -0.137. The Bertz CT molecular complexity index is 684. The average Bonchev–Trinajstić information content (AvgIpc) is 2.46. The molecule has 0 fully saturated rings. The number of esters is 1. The molecule has 1 N–H and O–H groups in total. The Morgan fingerprint density at radius 3 is 2.43 bits per heavy atom. The number of carbonyl (C=O) groups is 2. The van der Waals surface area contributed by atoms with Crippen molar-refractivity contribution in [1.29, 1.82) is 0 Å². The first kappa shape index (κ1) is 19.1. The molecule has 1 aromatic carbocycles. The summed E-state index contributed by atoms with van der Waals surface area (Å²) in [6.45, 7) is 1.19. The largest absolute Gasteiger partial charge is 0.480 e. The summed E-state index contributed by atoms with van der Waals surface area (Å²) in [6.07, 6.45) is 0. The van der Waals surface area contributed by atoms with Crippen LogP contribution in [0.15, 0.2) is 23.1 Å². The Morgan fingerprint density at radius 1 is 1.26 bits per heavy atom. The van der Waals surface area contributed by atoms with Crippen molar-refractivity contribution in [1.82, 2.24) is 4.31 Å². The molecule has 0 heterocycles. The number of carbonyl (C=O) groups excluding carboxylic acids is 1. The number of ether oxygens (including phenoxy) is 2. The number of hydrogen-bond donors (Lipinski definition) is 1. The van der Waals surface area contributed by atoms with Crippen LogP contribution in [0.1, 0.15) is 22.8 Å². The third kappa shape index (κ3) is 5.02. The minimum Gasteiger partial charge on any atom is -0.480 e. The summed E-state index contributed by atoms with van der Waals surface area (Å²) in [5.74, 6) is -1.95. The molecule has 0 saturated heterocycles. The minimum absolute atomic E-state index is 0.0590. The summed E-state index contributed by atoms with van der Waals surface area (Å²) in [4.78, 5) is 22.4. The summed E-state index contributed by atoms with van der Waals surface area (Å²) < 4.78 is 35.4. The Kier molecular flexibility index (Phi) is 6.67. The third-order valence-electron chi connectivity index (χ3n) is 2.85. The number of rotatable bonds is 8. The molecule has 0 aliphatic carbocycles. The molecular formula is C14H19NO7S. The van der Waals surface area contributed by atoms with Crippen molar-refractivity contribution in [3.63, 3.8) is 0 Å². The van der Waals surface area contributed by atoms with Crippen molar-refractivity contribution in [3.8, 4) is 0 Å². The quantitative estimate of drug-likeness (QED) is 0.691. The summed E-state index contributed by atoms with van der Waals surface area (Å²) >= 11 is 0. The number of aliphatic carboxylic acids is 1. The van der Waals surface area contributed by atoms with Crippen molar-refractivity contribution in [2.45, 2.75) is 18.4 Å². The molecular weight excluding hydrogens is 326 g/mol. The van der Waals surface area contributed by atoms with E-state index in [1.54, 1.807) is 6.92 Å². The van der Waals surface area contributed by atoms with Crippen molar-refractivity contribution in [2.75, 3.05) is 27.3 Å². The normalized spacial score (nSPS) is 11.5. The van der Waals surface area contributed by atoms with Crippen LogP contribution in [0, 0.1) is 0 Å². The number of hydrogen-bond acceptors (Lipinski definition) is 6. The molecule has 0 saturated carbocycles. The molecule has 128 valence electrons. The maximum Gasteiger partial charge on any atom is 0.338 e. The van der Waals surface area contributed by atoms with E-state index >= 15 is 0 Å². The van der Waals surface area contributed by atoms with Crippen LogP contribution in [0.4, 0.5) is 0 Å². The van der Waals surface area contributed by atoms with Gasteiger partial charge in [0.05, 0.1) is 23.7 Å². The van der Waals surface area contributed by atoms with Gasteiger partial charge in [0.25, 0.3) is 0 Å². The third-order valence-corrected chi connectivity index (χ3v) is 4.64. The summed E-state index contributed by atoms with van der Waals surface area (Å²) in [6, 6.07) is 3.96. The van der Waals surface area contributed by atoms with Crippen LogP contribution < -0.4 is 0 Å². The summed E-state index contributed by atoms with van der Waals surface area (Å²) in [7, 11) is -1.48. The number of carboxylic acids is 1. The van der Waals surface area contributed by atoms with Crippen LogP contribution in [-0.4, -0.2) is 57.1 Å². The van der Waals surface area contributed by atoms with Crippen LogP contribution in [0.2, 0.25) is 0 Å². The fourth-order valence-electron chi connectivity index (χ4n) is 1.85. The molecule has 8 nitrogen and oxygen atoms in total. The molecule has 23 heavy (non-hydrogen) atoms. The van der Waals surface area contributed by atoms with Gasteiger partial charge in [-0.05, 0) is 30.7 Å². The van der Waals surface area contributed by atoms with Gasteiger partial charge in [-0.25, -0.2) is 13.2 Å². The first-order chi connectivity index (χ1) is 10.7. The van der Waals surface area contributed by atoms with Gasteiger partial charge >= 0.3 is 11.9 Å². The lowest BCUT2D eigenvalue weighted by atomic mass is 10.1. The van der Waals surface area contributed by atoms with Gasteiger partial charge in [-0.3, -0.25) is 4.79 Å². The van der Waals surface area contributed by atoms with E-state index in [1.165, 1.54) is 19.2 Å². The number of likely N-dealkylation sites (N-methyl/N-ethyl adjacent to an activating group) is 1. The predicted octanol–water partition coefficient (Wildman–Crippen LogP) is 0.715. The zero-order chi connectivity index (χ0) is 17.6. The molecule has 0 amide bonds. The number of nitrogens with zero attached hydrogens (tertiary/aromatic N) is 1. The SMILES string of the molecule is CCOC(=O)c1cc(COC)cc(S(=O)(=O)N(C)CC(=O)O)c1. The second kappa shape index (κ2) is 8.04. The second-order valence-electron chi connectivity index (χ2n) is 4.67. The molecule has 0 bridgehead atoms. The molecule has 0 unspecified atom stereocenters. The topological polar surface area (TPSA) is 110 Å². The lowest BCUT2D eigenvalue weighted by Gasteiger charge is -2.16. The molecule has 1 rings (SSSR count). The van der Waals surface area contributed by atoms with E-state index in [0.717, 1.165) is 13.1 Å². The first-order valence-corrected chi connectivity index (χ1v) is 8.14. The van der Waals surface area contributed by atoms with Gasteiger partial charge in [-0.1, -0.05) is 0 Å². The van der Waals surface area contributed by atoms with E-state index in [1.807, 2.05) is 0 Å². The van der Waals surface area contributed by atoms with Crippen molar-refractivity contribution >= 4 is 22.0 Å². The molecule has 0 radical (unpaired) electrons. The van der Waals surface area contributed by atoms with Gasteiger partial charge < -0.3 is 14.6 Å².